The summed E-state index contributed by atoms with van der Waals surface area (Å²) >= 11 is 0. The van der Waals surface area contributed by atoms with Gasteiger partial charge in [0, 0.05) is 12.1 Å². The van der Waals surface area contributed by atoms with Gasteiger partial charge in [-0.3, -0.25) is 4.79 Å². The summed E-state index contributed by atoms with van der Waals surface area (Å²) in [5.41, 5.74) is 1.65. The van der Waals surface area contributed by atoms with Gasteiger partial charge >= 0.3 is 0 Å². The maximum atomic E-state index is 13.2. The van der Waals surface area contributed by atoms with Gasteiger partial charge in [-0.15, -0.1) is 0 Å². The van der Waals surface area contributed by atoms with Crippen molar-refractivity contribution in [2.45, 2.75) is 12.5 Å². The molecule has 0 radical (unpaired) electrons. The fraction of sp³-hybridized carbons (Fsp3) is 0.227. The first-order valence-corrected chi connectivity index (χ1v) is 9.09. The number of furan rings is 1. The van der Waals surface area contributed by atoms with E-state index in [1.54, 1.807) is 60.7 Å². The Hall–Kier alpha value is -3.41. The molecule has 0 spiro atoms. The van der Waals surface area contributed by atoms with Gasteiger partial charge < -0.3 is 23.9 Å². The summed E-state index contributed by atoms with van der Waals surface area (Å²) in [7, 11) is 1.58. The summed E-state index contributed by atoms with van der Waals surface area (Å²) in [6, 6.07) is 15.2. The molecule has 1 aromatic heterocycles. The molecule has 1 amide bonds. The normalized spacial score (nSPS) is 15.8. The van der Waals surface area contributed by atoms with Crippen molar-refractivity contribution in [2.24, 2.45) is 0 Å². The Morgan fingerprint density at radius 3 is 2.79 bits per heavy atom. The summed E-state index contributed by atoms with van der Waals surface area (Å²) in [5, 5.41) is 9.43. The largest absolute Gasteiger partial charge is 0.508 e. The number of carbonyl (C=O) groups is 1. The third-order valence-corrected chi connectivity index (χ3v) is 4.90. The van der Waals surface area contributed by atoms with Crippen LogP contribution in [0, 0.1) is 0 Å². The van der Waals surface area contributed by atoms with Crippen LogP contribution >= 0.6 is 0 Å². The van der Waals surface area contributed by atoms with E-state index < -0.39 is 0 Å². The van der Waals surface area contributed by atoms with E-state index in [0.717, 1.165) is 17.7 Å². The first-order valence-electron chi connectivity index (χ1n) is 9.09. The van der Waals surface area contributed by atoms with Gasteiger partial charge in [-0.2, -0.15) is 0 Å². The lowest BCUT2D eigenvalue weighted by Crippen LogP contribution is -2.42. The minimum atomic E-state index is -0.341. The Balaban J connectivity index is 1.59. The second kappa shape index (κ2) is 7.68. The van der Waals surface area contributed by atoms with Crippen molar-refractivity contribution in [3.05, 3.63) is 77.7 Å². The number of hydrogen-bond acceptors (Lipinski definition) is 5. The van der Waals surface area contributed by atoms with E-state index in [0.29, 0.717) is 23.6 Å². The zero-order chi connectivity index (χ0) is 19.5. The molecule has 0 bridgehead atoms. The van der Waals surface area contributed by atoms with Crippen LogP contribution in [-0.4, -0.2) is 36.2 Å². The molecular weight excluding hydrogens is 358 g/mol. The predicted octanol–water partition coefficient (Wildman–Crippen LogP) is 3.81. The highest BCUT2D eigenvalue weighted by Gasteiger charge is 2.34. The molecule has 4 rings (SSSR count). The molecule has 0 saturated heterocycles. The molecule has 1 aliphatic rings. The van der Waals surface area contributed by atoms with Crippen LogP contribution in [0.4, 0.5) is 0 Å². The van der Waals surface area contributed by atoms with Crippen LogP contribution in [0.3, 0.4) is 0 Å². The van der Waals surface area contributed by atoms with Crippen molar-refractivity contribution in [3.63, 3.8) is 0 Å². The second-order valence-corrected chi connectivity index (χ2v) is 6.61. The van der Waals surface area contributed by atoms with Crippen molar-refractivity contribution in [1.82, 2.24) is 4.90 Å². The van der Waals surface area contributed by atoms with Gasteiger partial charge in [-0.05, 0) is 60.5 Å². The van der Waals surface area contributed by atoms with E-state index in [9.17, 15) is 9.90 Å². The summed E-state index contributed by atoms with van der Waals surface area (Å²) in [6.07, 6.45) is 2.38. The number of hydrogen-bond donors (Lipinski definition) is 1. The first-order chi connectivity index (χ1) is 13.7. The molecule has 3 aromatic rings. The number of benzene rings is 2. The smallest absolute Gasteiger partial charge is 0.254 e. The number of phenolic OH excluding ortho intramolecular Hbond substituents is 1. The summed E-state index contributed by atoms with van der Waals surface area (Å²) in [4.78, 5) is 15.0. The monoisotopic (exact) mass is 379 g/mol. The highest BCUT2D eigenvalue weighted by molar-refractivity contribution is 5.95. The highest BCUT2D eigenvalue weighted by Crippen LogP contribution is 2.33. The molecule has 6 heteroatoms. The molecule has 0 saturated carbocycles. The average molecular weight is 379 g/mol. The average Bonchev–Trinajstić information content (AvgIpc) is 3.22. The molecule has 2 heterocycles. The number of carbonyl (C=O) groups excluding carboxylic acids is 1. The lowest BCUT2D eigenvalue weighted by atomic mass is 9.99. The lowest BCUT2D eigenvalue weighted by Gasteiger charge is -2.34. The Morgan fingerprint density at radius 1 is 1.18 bits per heavy atom. The van der Waals surface area contributed by atoms with E-state index in [4.69, 9.17) is 13.9 Å². The molecule has 1 aliphatic heterocycles. The van der Waals surface area contributed by atoms with Crippen LogP contribution in [0.2, 0.25) is 0 Å². The molecule has 2 aromatic carbocycles. The van der Waals surface area contributed by atoms with E-state index in [-0.39, 0.29) is 24.3 Å². The Labute approximate surface area is 162 Å². The summed E-state index contributed by atoms with van der Waals surface area (Å²) in [5.74, 6) is 2.08. The van der Waals surface area contributed by atoms with Gasteiger partial charge in [0.2, 0.25) is 0 Å². The molecule has 0 fully saturated rings. The SMILES string of the molecule is COc1cccc(C(=O)N2CCc3ccoc3C2COc2ccc(O)cc2)c1. The fourth-order valence-electron chi connectivity index (χ4n) is 3.43. The summed E-state index contributed by atoms with van der Waals surface area (Å²) in [6.45, 7) is 0.827. The molecule has 28 heavy (non-hydrogen) atoms. The number of methoxy groups -OCH3 is 1. The Bertz CT molecular complexity index is 963. The maximum absolute atomic E-state index is 13.2. The van der Waals surface area contributed by atoms with Gasteiger partial charge in [0.15, 0.2) is 0 Å². The number of ether oxygens (including phenoxy) is 2. The standard InChI is InChI=1S/C22H21NO5/c1-26-19-4-2-3-16(13-19)22(25)23-11-9-15-10-12-27-21(15)20(23)14-28-18-7-5-17(24)6-8-18/h2-8,10,12-13,20,24H,9,11,14H2,1H3. The number of nitrogens with zero attached hydrogens (tertiary/aromatic N) is 1. The molecule has 1 atom stereocenters. The van der Waals surface area contributed by atoms with Gasteiger partial charge in [0.05, 0.1) is 13.4 Å². The second-order valence-electron chi connectivity index (χ2n) is 6.61. The van der Waals surface area contributed by atoms with Crippen LogP contribution < -0.4 is 9.47 Å². The van der Waals surface area contributed by atoms with E-state index in [2.05, 4.69) is 0 Å². The third-order valence-electron chi connectivity index (χ3n) is 4.90. The summed E-state index contributed by atoms with van der Waals surface area (Å²) < 4.78 is 16.8. The molecule has 1 N–H and O–H groups in total. The van der Waals surface area contributed by atoms with Gasteiger partial charge in [0.1, 0.15) is 35.7 Å². The Kier molecular flexibility index (Phi) is 4.93. The van der Waals surface area contributed by atoms with Gasteiger partial charge in [-0.25, -0.2) is 0 Å². The number of rotatable bonds is 5. The van der Waals surface area contributed by atoms with Crippen molar-refractivity contribution < 1.29 is 23.8 Å². The van der Waals surface area contributed by atoms with E-state index in [1.165, 1.54) is 0 Å². The Morgan fingerprint density at radius 2 is 2.00 bits per heavy atom. The number of phenols is 1. The van der Waals surface area contributed by atoms with E-state index in [1.807, 2.05) is 12.1 Å². The predicted molar refractivity (Wildman–Crippen MR) is 103 cm³/mol. The maximum Gasteiger partial charge on any atom is 0.254 e. The quantitative estimate of drug-likeness (QED) is 0.730. The molecule has 0 aliphatic carbocycles. The molecule has 6 nitrogen and oxygen atoms in total. The lowest BCUT2D eigenvalue weighted by molar-refractivity contribution is 0.0548. The van der Waals surface area contributed by atoms with Crippen molar-refractivity contribution in [1.29, 1.82) is 0 Å². The van der Waals surface area contributed by atoms with Crippen molar-refractivity contribution in [2.75, 3.05) is 20.3 Å². The van der Waals surface area contributed by atoms with Crippen molar-refractivity contribution >= 4 is 5.91 Å². The van der Waals surface area contributed by atoms with Crippen LogP contribution in [0.15, 0.2) is 65.3 Å². The van der Waals surface area contributed by atoms with Crippen LogP contribution in [0.5, 0.6) is 17.2 Å². The highest BCUT2D eigenvalue weighted by atomic mass is 16.5. The van der Waals surface area contributed by atoms with Crippen LogP contribution in [0.25, 0.3) is 0 Å². The van der Waals surface area contributed by atoms with Crippen LogP contribution in [-0.2, 0) is 6.42 Å². The number of aromatic hydroxyl groups is 1. The molecule has 1 unspecified atom stereocenters. The van der Waals surface area contributed by atoms with Crippen LogP contribution in [0.1, 0.15) is 27.7 Å². The van der Waals surface area contributed by atoms with Gasteiger partial charge in [0.25, 0.3) is 5.91 Å². The minimum Gasteiger partial charge on any atom is -0.508 e. The number of fused-ring (bicyclic) bond motifs is 1. The molecule has 144 valence electrons. The van der Waals surface area contributed by atoms with E-state index >= 15 is 0 Å². The fourth-order valence-corrected chi connectivity index (χ4v) is 3.43. The van der Waals surface area contributed by atoms with Gasteiger partial charge in [-0.1, -0.05) is 6.07 Å². The zero-order valence-electron chi connectivity index (χ0n) is 15.5. The van der Waals surface area contributed by atoms with Crippen molar-refractivity contribution in [3.8, 4) is 17.2 Å². The third kappa shape index (κ3) is 3.53. The number of amides is 1. The molecular formula is C22H21NO5. The minimum absolute atomic E-state index is 0.0970. The zero-order valence-corrected chi connectivity index (χ0v) is 15.5. The topological polar surface area (TPSA) is 72.1 Å². The first kappa shape index (κ1) is 18.0.